The van der Waals surface area contributed by atoms with Gasteiger partial charge < -0.3 is 9.67 Å². The Kier molecular flexibility index (Phi) is 3.90. The first-order valence-electron chi connectivity index (χ1n) is 5.77. The lowest BCUT2D eigenvalue weighted by Gasteiger charge is -2.12. The van der Waals surface area contributed by atoms with Crippen LogP contribution in [0.5, 0.6) is 0 Å². The number of benzene rings is 1. The van der Waals surface area contributed by atoms with E-state index in [9.17, 15) is 14.0 Å². The second-order valence-corrected chi connectivity index (χ2v) is 4.78. The minimum Gasteiger partial charge on any atom is -0.477 e. The zero-order valence-corrected chi connectivity index (χ0v) is 11.3. The van der Waals surface area contributed by atoms with Crippen LogP contribution in [0.3, 0.4) is 0 Å². The quantitative estimate of drug-likeness (QED) is 0.947. The van der Waals surface area contributed by atoms with E-state index in [1.165, 1.54) is 24.4 Å². The number of nitrogens with zero attached hydrogens (tertiary/aromatic N) is 1. The number of carboxylic acids is 1. The Morgan fingerprint density at radius 3 is 2.70 bits per heavy atom. The smallest absolute Gasteiger partial charge is 0.341 e. The van der Waals surface area contributed by atoms with Crippen LogP contribution >= 0.6 is 11.6 Å². The first-order chi connectivity index (χ1) is 9.38. The van der Waals surface area contributed by atoms with Crippen LogP contribution in [-0.2, 0) is 6.54 Å². The third-order valence-electron chi connectivity index (χ3n) is 2.91. The van der Waals surface area contributed by atoms with E-state index in [-0.39, 0.29) is 17.1 Å². The van der Waals surface area contributed by atoms with Gasteiger partial charge in [0.2, 0.25) is 0 Å². The third-order valence-corrected chi connectivity index (χ3v) is 3.22. The number of rotatable bonds is 3. The summed E-state index contributed by atoms with van der Waals surface area (Å²) in [4.78, 5) is 22.5. The molecule has 0 bridgehead atoms. The van der Waals surface area contributed by atoms with Crippen molar-refractivity contribution in [3.8, 4) is 0 Å². The Bertz CT molecular complexity index is 740. The summed E-state index contributed by atoms with van der Waals surface area (Å²) >= 11 is 5.60. The molecule has 1 heterocycles. The maximum absolute atomic E-state index is 13.4. The number of carboxylic acid groups (broad SMARTS) is 1. The van der Waals surface area contributed by atoms with Gasteiger partial charge in [0.05, 0.1) is 5.02 Å². The fraction of sp³-hybridized carbons (Fsp3) is 0.143. The van der Waals surface area contributed by atoms with Crippen LogP contribution in [0.25, 0.3) is 0 Å². The summed E-state index contributed by atoms with van der Waals surface area (Å²) in [7, 11) is 0. The average Bonchev–Trinajstić information content (AvgIpc) is 2.36. The average molecular weight is 296 g/mol. The lowest BCUT2D eigenvalue weighted by atomic mass is 10.2. The molecule has 6 heteroatoms. The van der Waals surface area contributed by atoms with Gasteiger partial charge >= 0.3 is 5.97 Å². The first kappa shape index (κ1) is 14.3. The van der Waals surface area contributed by atoms with Crippen LogP contribution in [0.1, 0.15) is 21.6 Å². The highest BCUT2D eigenvalue weighted by molar-refractivity contribution is 6.30. The van der Waals surface area contributed by atoms with E-state index in [2.05, 4.69) is 0 Å². The van der Waals surface area contributed by atoms with Gasteiger partial charge in [-0.05, 0) is 24.6 Å². The minimum atomic E-state index is -1.29. The normalized spacial score (nSPS) is 10.6. The van der Waals surface area contributed by atoms with Crippen molar-refractivity contribution in [1.29, 1.82) is 0 Å². The van der Waals surface area contributed by atoms with Crippen molar-refractivity contribution in [2.75, 3.05) is 0 Å². The molecule has 20 heavy (non-hydrogen) atoms. The lowest BCUT2D eigenvalue weighted by molar-refractivity contribution is 0.0694. The van der Waals surface area contributed by atoms with Crippen LogP contribution in [0, 0.1) is 12.7 Å². The number of aromatic nitrogens is 1. The number of aryl methyl sites for hydroxylation is 1. The molecule has 1 aromatic heterocycles. The lowest BCUT2D eigenvalue weighted by Crippen LogP contribution is -2.19. The molecule has 0 spiro atoms. The van der Waals surface area contributed by atoms with Crippen LogP contribution in [0.15, 0.2) is 35.3 Å². The summed E-state index contributed by atoms with van der Waals surface area (Å²) < 4.78 is 14.9. The molecule has 0 amide bonds. The number of halogens is 2. The molecule has 0 aliphatic carbocycles. The second-order valence-electron chi connectivity index (χ2n) is 4.37. The predicted octanol–water partition coefficient (Wildman–Crippen LogP) is 2.70. The van der Waals surface area contributed by atoms with Crippen LogP contribution in [-0.4, -0.2) is 15.6 Å². The van der Waals surface area contributed by atoms with Gasteiger partial charge in [0.15, 0.2) is 5.43 Å². The molecule has 1 N–H and O–H groups in total. The van der Waals surface area contributed by atoms with Gasteiger partial charge in [0.25, 0.3) is 0 Å². The van der Waals surface area contributed by atoms with Crippen LogP contribution in [0.2, 0.25) is 5.02 Å². The number of hydrogen-bond donors (Lipinski definition) is 1. The Morgan fingerprint density at radius 1 is 1.40 bits per heavy atom. The monoisotopic (exact) mass is 295 g/mol. The molecule has 104 valence electrons. The zero-order valence-electron chi connectivity index (χ0n) is 10.6. The highest BCUT2D eigenvalue weighted by atomic mass is 35.5. The molecule has 0 unspecified atom stereocenters. The van der Waals surface area contributed by atoms with Crippen LogP contribution in [0.4, 0.5) is 4.39 Å². The summed E-state index contributed by atoms with van der Waals surface area (Å²) in [5, 5.41) is 8.96. The van der Waals surface area contributed by atoms with E-state index in [1.54, 1.807) is 17.6 Å². The van der Waals surface area contributed by atoms with Crippen LogP contribution < -0.4 is 5.43 Å². The summed E-state index contributed by atoms with van der Waals surface area (Å²) in [5.41, 5.74) is 0.351. The van der Waals surface area contributed by atoms with Crippen molar-refractivity contribution in [3.63, 3.8) is 0 Å². The summed E-state index contributed by atoms with van der Waals surface area (Å²) in [6.45, 7) is 1.93. The Balaban J connectivity index is 2.42. The van der Waals surface area contributed by atoms with Crippen molar-refractivity contribution in [2.24, 2.45) is 0 Å². The van der Waals surface area contributed by atoms with Crippen molar-refractivity contribution < 1.29 is 14.3 Å². The molecule has 0 atom stereocenters. The predicted molar refractivity (Wildman–Crippen MR) is 72.9 cm³/mol. The van der Waals surface area contributed by atoms with E-state index in [4.69, 9.17) is 16.7 Å². The highest BCUT2D eigenvalue weighted by Crippen LogP contribution is 2.16. The Hall–Kier alpha value is -2.14. The van der Waals surface area contributed by atoms with Crippen molar-refractivity contribution in [3.05, 3.63) is 68.3 Å². The molecule has 0 aliphatic heterocycles. The van der Waals surface area contributed by atoms with Crippen molar-refractivity contribution in [1.82, 2.24) is 4.57 Å². The van der Waals surface area contributed by atoms with Gasteiger partial charge in [-0.25, -0.2) is 9.18 Å². The van der Waals surface area contributed by atoms with Gasteiger partial charge in [-0.2, -0.15) is 0 Å². The number of aromatic carboxylic acids is 1. The van der Waals surface area contributed by atoms with Gasteiger partial charge in [0.1, 0.15) is 11.4 Å². The van der Waals surface area contributed by atoms with Crippen molar-refractivity contribution in [2.45, 2.75) is 13.5 Å². The first-order valence-corrected chi connectivity index (χ1v) is 6.14. The second kappa shape index (κ2) is 5.46. The molecule has 4 nitrogen and oxygen atoms in total. The molecule has 0 fully saturated rings. The van der Waals surface area contributed by atoms with Gasteiger partial charge in [0, 0.05) is 24.5 Å². The SMILES string of the molecule is Cc1cc(=O)c(C(=O)O)cn1Cc1ccc(Cl)c(F)c1. The number of hydrogen-bond acceptors (Lipinski definition) is 2. The fourth-order valence-electron chi connectivity index (χ4n) is 1.84. The standard InChI is InChI=1S/C14H11ClFNO3/c1-8-4-13(18)10(14(19)20)7-17(8)6-9-2-3-11(15)12(16)5-9/h2-5,7H,6H2,1H3,(H,19,20). The van der Waals surface area contributed by atoms with E-state index >= 15 is 0 Å². The van der Waals surface area contributed by atoms with E-state index < -0.39 is 17.2 Å². The summed E-state index contributed by atoms with van der Waals surface area (Å²) in [6, 6.07) is 5.60. The van der Waals surface area contributed by atoms with Gasteiger partial charge in [-0.3, -0.25) is 4.79 Å². The topological polar surface area (TPSA) is 59.3 Å². The third kappa shape index (κ3) is 2.88. The highest BCUT2D eigenvalue weighted by Gasteiger charge is 2.11. The van der Waals surface area contributed by atoms with E-state index in [0.29, 0.717) is 11.3 Å². The Labute approximate surface area is 119 Å². The molecule has 0 radical (unpaired) electrons. The summed E-state index contributed by atoms with van der Waals surface area (Å²) in [6.07, 6.45) is 1.26. The maximum Gasteiger partial charge on any atom is 0.341 e. The van der Waals surface area contributed by atoms with Gasteiger partial charge in [-0.1, -0.05) is 17.7 Å². The maximum atomic E-state index is 13.4. The van der Waals surface area contributed by atoms with E-state index in [1.807, 2.05) is 0 Å². The molecule has 2 rings (SSSR count). The molecule has 0 saturated carbocycles. The molecular formula is C14H11ClFNO3. The number of pyridine rings is 1. The summed E-state index contributed by atoms with van der Waals surface area (Å²) in [5.74, 6) is -1.83. The Morgan fingerprint density at radius 2 is 2.10 bits per heavy atom. The van der Waals surface area contributed by atoms with E-state index in [0.717, 1.165) is 0 Å². The molecule has 1 aromatic carbocycles. The molecular weight excluding hydrogens is 285 g/mol. The molecule has 0 aliphatic rings. The minimum absolute atomic E-state index is 0.0246. The molecule has 2 aromatic rings. The van der Waals surface area contributed by atoms with Crippen molar-refractivity contribution >= 4 is 17.6 Å². The number of carbonyl (C=O) groups is 1. The molecule has 0 saturated heterocycles. The van der Waals surface area contributed by atoms with Gasteiger partial charge in [-0.15, -0.1) is 0 Å². The fourth-order valence-corrected chi connectivity index (χ4v) is 1.95. The zero-order chi connectivity index (χ0) is 14.9. The largest absolute Gasteiger partial charge is 0.477 e.